The molecular formula is C22H38O3. The molecule has 4 aliphatic carbocycles. The molecule has 4 aliphatic rings. The molecule has 4 rings (SSSR count). The van der Waals surface area contributed by atoms with E-state index in [1.54, 1.807) is 6.92 Å². The molecule has 4 saturated carbocycles. The number of aliphatic hydroxyl groups excluding tert-OH is 2. The predicted molar refractivity (Wildman–Crippen MR) is 99.0 cm³/mol. The maximum atomic E-state index is 11.3. The number of rotatable bonds is 1. The van der Waals surface area contributed by atoms with Gasteiger partial charge in [0.25, 0.3) is 0 Å². The van der Waals surface area contributed by atoms with E-state index in [-0.39, 0.29) is 16.9 Å². The van der Waals surface area contributed by atoms with Crippen LogP contribution in [0.2, 0.25) is 0 Å². The Morgan fingerprint density at radius 1 is 0.840 bits per heavy atom. The minimum Gasteiger partial charge on any atom is -0.393 e. The minimum atomic E-state index is -0.910. The highest BCUT2D eigenvalue weighted by Crippen LogP contribution is 2.71. The summed E-state index contributed by atoms with van der Waals surface area (Å²) >= 11 is 0. The van der Waals surface area contributed by atoms with Crippen molar-refractivity contribution in [1.29, 1.82) is 0 Å². The molecule has 9 atom stereocenters. The molecule has 0 amide bonds. The van der Waals surface area contributed by atoms with E-state index < -0.39 is 11.7 Å². The summed E-state index contributed by atoms with van der Waals surface area (Å²) in [5.74, 6) is 1.94. The Labute approximate surface area is 153 Å². The van der Waals surface area contributed by atoms with Crippen LogP contribution < -0.4 is 0 Å². The molecule has 3 heteroatoms. The van der Waals surface area contributed by atoms with Crippen molar-refractivity contribution in [1.82, 2.24) is 0 Å². The van der Waals surface area contributed by atoms with Gasteiger partial charge in [-0.25, -0.2) is 0 Å². The Morgan fingerprint density at radius 3 is 2.12 bits per heavy atom. The zero-order chi connectivity index (χ0) is 18.3. The van der Waals surface area contributed by atoms with Crippen molar-refractivity contribution in [2.45, 2.75) is 103 Å². The monoisotopic (exact) mass is 350 g/mol. The molecule has 0 aromatic rings. The van der Waals surface area contributed by atoms with Crippen molar-refractivity contribution in [2.24, 2.45) is 34.0 Å². The third-order valence-electron chi connectivity index (χ3n) is 10.3. The Kier molecular flexibility index (Phi) is 3.98. The molecule has 3 nitrogen and oxygen atoms in total. The molecule has 0 spiro atoms. The molecule has 0 heterocycles. The quantitative estimate of drug-likeness (QED) is 0.672. The van der Waals surface area contributed by atoms with Crippen LogP contribution in [-0.2, 0) is 0 Å². The number of aliphatic hydroxyl groups is 3. The number of fused-ring (bicyclic) bond motifs is 5. The van der Waals surface area contributed by atoms with Crippen LogP contribution in [0, 0.1) is 34.0 Å². The van der Waals surface area contributed by atoms with Crippen LogP contribution in [0.4, 0.5) is 0 Å². The van der Waals surface area contributed by atoms with Crippen LogP contribution in [-0.4, -0.2) is 33.1 Å². The molecule has 0 unspecified atom stereocenters. The van der Waals surface area contributed by atoms with Gasteiger partial charge in [-0.05, 0) is 93.3 Å². The van der Waals surface area contributed by atoms with E-state index in [4.69, 9.17) is 0 Å². The molecule has 144 valence electrons. The molecule has 25 heavy (non-hydrogen) atoms. The maximum absolute atomic E-state index is 11.3. The van der Waals surface area contributed by atoms with E-state index in [0.717, 1.165) is 38.5 Å². The van der Waals surface area contributed by atoms with Gasteiger partial charge in [0, 0.05) is 5.41 Å². The highest BCUT2D eigenvalue weighted by molar-refractivity contribution is 5.16. The standard InChI is InChI=1S/C22H38O3/c1-14(23)22(25)12-8-18-16-6-9-19(2)13-15(24)5-10-20(19,3)17(16)7-11-21(18,22)4/h14-18,23-25H,5-13H2,1-4H3/t14-,15+,16+,17-,18+,19+,20+,21-,22-/m0/s1. The van der Waals surface area contributed by atoms with Gasteiger partial charge in [-0.3, -0.25) is 0 Å². The van der Waals surface area contributed by atoms with Gasteiger partial charge in [-0.15, -0.1) is 0 Å². The van der Waals surface area contributed by atoms with Crippen LogP contribution in [0.3, 0.4) is 0 Å². The lowest BCUT2D eigenvalue weighted by molar-refractivity contribution is -0.203. The van der Waals surface area contributed by atoms with Gasteiger partial charge in [-0.2, -0.15) is 0 Å². The van der Waals surface area contributed by atoms with Gasteiger partial charge in [0.2, 0.25) is 0 Å². The Balaban J connectivity index is 1.67. The summed E-state index contributed by atoms with van der Waals surface area (Å²) in [6.07, 6.45) is 8.78. The van der Waals surface area contributed by atoms with E-state index in [1.165, 1.54) is 19.3 Å². The largest absolute Gasteiger partial charge is 0.393 e. The van der Waals surface area contributed by atoms with Crippen molar-refractivity contribution in [3.63, 3.8) is 0 Å². The second-order valence-electron chi connectivity index (χ2n) is 10.9. The van der Waals surface area contributed by atoms with Crippen LogP contribution in [0.25, 0.3) is 0 Å². The molecule has 4 fully saturated rings. The lowest BCUT2D eigenvalue weighted by Crippen LogP contribution is -2.61. The highest BCUT2D eigenvalue weighted by atomic mass is 16.3. The van der Waals surface area contributed by atoms with Crippen LogP contribution in [0.5, 0.6) is 0 Å². The van der Waals surface area contributed by atoms with Crippen LogP contribution in [0.15, 0.2) is 0 Å². The summed E-state index contributed by atoms with van der Waals surface area (Å²) in [7, 11) is 0. The van der Waals surface area contributed by atoms with Crippen molar-refractivity contribution in [3.05, 3.63) is 0 Å². The highest BCUT2D eigenvalue weighted by Gasteiger charge is 2.67. The lowest BCUT2D eigenvalue weighted by Gasteiger charge is -2.65. The molecular weight excluding hydrogens is 312 g/mol. The fraction of sp³-hybridized carbons (Fsp3) is 1.00. The molecule has 0 aliphatic heterocycles. The molecule has 3 N–H and O–H groups in total. The molecule has 0 saturated heterocycles. The predicted octanol–water partition coefficient (Wildman–Crippen LogP) is 3.89. The topological polar surface area (TPSA) is 60.7 Å². The van der Waals surface area contributed by atoms with Gasteiger partial charge in [0.1, 0.15) is 0 Å². The van der Waals surface area contributed by atoms with Crippen LogP contribution >= 0.6 is 0 Å². The molecule has 0 aromatic carbocycles. The number of hydrogen-bond donors (Lipinski definition) is 3. The van der Waals surface area contributed by atoms with E-state index in [0.29, 0.717) is 23.2 Å². The second-order valence-corrected chi connectivity index (χ2v) is 10.9. The summed E-state index contributed by atoms with van der Waals surface area (Å²) in [6, 6.07) is 0. The summed E-state index contributed by atoms with van der Waals surface area (Å²) in [5.41, 5.74) is -0.464. The van der Waals surface area contributed by atoms with Gasteiger partial charge in [0.05, 0.1) is 17.8 Å². The first-order valence-electron chi connectivity index (χ1n) is 10.7. The van der Waals surface area contributed by atoms with Gasteiger partial charge >= 0.3 is 0 Å². The Bertz CT molecular complexity index is 547. The first kappa shape index (κ1) is 18.3. The zero-order valence-electron chi connectivity index (χ0n) is 16.6. The van der Waals surface area contributed by atoms with E-state index in [2.05, 4.69) is 20.8 Å². The fourth-order valence-corrected chi connectivity index (χ4v) is 8.35. The summed E-state index contributed by atoms with van der Waals surface area (Å²) in [6.45, 7) is 8.98. The van der Waals surface area contributed by atoms with Gasteiger partial charge in [-0.1, -0.05) is 20.8 Å². The SMILES string of the molecule is C[C@H](O)[C@@]1(O)CC[C@@H]2[C@@H]3CC[C@]4(C)C[C@H](O)CC[C@]4(C)[C@H]3CC[C@@]21C. The maximum Gasteiger partial charge on any atom is 0.0958 e. The van der Waals surface area contributed by atoms with Crippen molar-refractivity contribution < 1.29 is 15.3 Å². The zero-order valence-corrected chi connectivity index (χ0v) is 16.6. The second kappa shape index (κ2) is 5.45. The molecule has 0 aromatic heterocycles. The summed E-state index contributed by atoms with van der Waals surface area (Å²) in [4.78, 5) is 0. The van der Waals surface area contributed by atoms with Gasteiger partial charge in [0.15, 0.2) is 0 Å². The third kappa shape index (κ3) is 2.15. The third-order valence-corrected chi connectivity index (χ3v) is 10.3. The van der Waals surface area contributed by atoms with E-state index in [1.807, 2.05) is 0 Å². The fourth-order valence-electron chi connectivity index (χ4n) is 8.35. The first-order chi connectivity index (χ1) is 11.6. The average Bonchev–Trinajstić information content (AvgIpc) is 2.82. The van der Waals surface area contributed by atoms with Gasteiger partial charge < -0.3 is 15.3 Å². The van der Waals surface area contributed by atoms with E-state index in [9.17, 15) is 15.3 Å². The first-order valence-corrected chi connectivity index (χ1v) is 10.7. The average molecular weight is 351 g/mol. The smallest absolute Gasteiger partial charge is 0.0958 e. The number of hydrogen-bond acceptors (Lipinski definition) is 3. The van der Waals surface area contributed by atoms with Crippen molar-refractivity contribution in [2.75, 3.05) is 0 Å². The van der Waals surface area contributed by atoms with Crippen LogP contribution in [0.1, 0.15) is 85.5 Å². The molecule has 0 radical (unpaired) electrons. The minimum absolute atomic E-state index is 0.115. The normalized spacial score (nSPS) is 59.6. The van der Waals surface area contributed by atoms with Crippen molar-refractivity contribution in [3.8, 4) is 0 Å². The van der Waals surface area contributed by atoms with E-state index >= 15 is 0 Å². The Hall–Kier alpha value is -0.120. The Morgan fingerprint density at radius 2 is 1.44 bits per heavy atom. The summed E-state index contributed by atoms with van der Waals surface area (Å²) < 4.78 is 0. The van der Waals surface area contributed by atoms with Crippen molar-refractivity contribution >= 4 is 0 Å². The molecule has 0 bridgehead atoms. The summed E-state index contributed by atoms with van der Waals surface area (Å²) in [5, 5.41) is 31.9. The lowest BCUT2D eigenvalue weighted by atomic mass is 9.40.